The fraction of sp³-hybridized carbons (Fsp3) is 0. The van der Waals surface area contributed by atoms with Crippen LogP contribution in [0.2, 0.25) is 0 Å². The lowest BCUT2D eigenvalue weighted by Crippen LogP contribution is -2.23. The molecule has 1 aromatic carbocycles. The molecule has 0 atom stereocenters. The third-order valence-electron chi connectivity index (χ3n) is 3.89. The van der Waals surface area contributed by atoms with Gasteiger partial charge in [-0.05, 0) is 24.3 Å². The second-order valence-electron chi connectivity index (χ2n) is 5.45. The molecular weight excluding hydrogens is 328 g/mol. The van der Waals surface area contributed by atoms with E-state index in [9.17, 15) is 0 Å². The number of fused-ring (bicyclic) bond motifs is 1. The second kappa shape index (κ2) is 6.56. The number of benzene rings is 1. The van der Waals surface area contributed by atoms with Crippen LogP contribution in [0.3, 0.4) is 0 Å². The molecule has 3 aromatic heterocycles. The number of H-pyrrole nitrogens is 1. The first-order valence-electron chi connectivity index (χ1n) is 7.96. The number of hydrogen-bond acceptors (Lipinski definition) is 6. The third kappa shape index (κ3) is 2.61. The minimum Gasteiger partial charge on any atom is -0.449 e. The summed E-state index contributed by atoms with van der Waals surface area (Å²) in [6.45, 7) is 3.77. The van der Waals surface area contributed by atoms with Crippen LogP contribution in [0.4, 0.5) is 11.4 Å². The molecule has 0 fully saturated rings. The summed E-state index contributed by atoms with van der Waals surface area (Å²) in [5, 5.41) is 4.16. The number of allylic oxidation sites excluding steroid dienone is 1. The van der Waals surface area contributed by atoms with Crippen molar-refractivity contribution in [1.29, 1.82) is 0 Å². The fourth-order valence-corrected chi connectivity index (χ4v) is 2.77. The van der Waals surface area contributed by atoms with Crippen molar-refractivity contribution in [2.24, 2.45) is 5.73 Å². The molecule has 0 bridgehead atoms. The Kier molecular flexibility index (Phi) is 3.95. The minimum absolute atomic E-state index is 0.455. The molecule has 0 amide bonds. The number of para-hydroxylation sites is 1. The van der Waals surface area contributed by atoms with Gasteiger partial charge in [0.1, 0.15) is 5.52 Å². The summed E-state index contributed by atoms with van der Waals surface area (Å²) in [5.74, 6) is 0.943. The SMILES string of the molecule is C=C/C=c1/c(Nc2cccc3[nH]cnc23)c(-c2ncccn2)o/c1=C/N. The Labute approximate surface area is 148 Å². The monoisotopic (exact) mass is 344 g/mol. The number of hydrogen-bond donors (Lipinski definition) is 3. The molecular formula is C19H16N6O. The first-order valence-corrected chi connectivity index (χ1v) is 7.96. The summed E-state index contributed by atoms with van der Waals surface area (Å²) in [5.41, 5.74) is 9.52. The van der Waals surface area contributed by atoms with Gasteiger partial charge >= 0.3 is 0 Å². The highest BCUT2D eigenvalue weighted by molar-refractivity contribution is 5.91. The summed E-state index contributed by atoms with van der Waals surface area (Å²) < 4.78 is 5.92. The number of nitrogens with zero attached hydrogens (tertiary/aromatic N) is 3. The van der Waals surface area contributed by atoms with Crippen LogP contribution in [-0.4, -0.2) is 19.9 Å². The molecule has 3 heterocycles. The highest BCUT2D eigenvalue weighted by atomic mass is 16.3. The average molecular weight is 344 g/mol. The molecule has 0 saturated heterocycles. The highest BCUT2D eigenvalue weighted by Crippen LogP contribution is 2.27. The van der Waals surface area contributed by atoms with Crippen LogP contribution in [0.15, 0.2) is 60.1 Å². The molecule has 0 radical (unpaired) electrons. The number of nitrogens with one attached hydrogen (secondary N) is 2. The van der Waals surface area contributed by atoms with Gasteiger partial charge in [-0.3, -0.25) is 0 Å². The maximum Gasteiger partial charge on any atom is 0.197 e. The Morgan fingerprint density at radius 3 is 2.77 bits per heavy atom. The summed E-state index contributed by atoms with van der Waals surface area (Å²) in [4.78, 5) is 16.1. The second-order valence-corrected chi connectivity index (χ2v) is 5.45. The molecule has 0 saturated carbocycles. The number of aromatic nitrogens is 4. The van der Waals surface area contributed by atoms with E-state index in [2.05, 4.69) is 31.8 Å². The first-order chi connectivity index (χ1) is 12.8. The van der Waals surface area contributed by atoms with Crippen LogP contribution in [-0.2, 0) is 0 Å². The van der Waals surface area contributed by atoms with Gasteiger partial charge in [0.2, 0.25) is 0 Å². The van der Waals surface area contributed by atoms with Crippen molar-refractivity contribution < 1.29 is 4.42 Å². The summed E-state index contributed by atoms with van der Waals surface area (Å²) in [6, 6.07) is 7.58. The average Bonchev–Trinajstić information content (AvgIpc) is 3.29. The minimum atomic E-state index is 0.455. The Balaban J connectivity index is 1.97. The number of furan rings is 1. The Morgan fingerprint density at radius 2 is 2.00 bits per heavy atom. The van der Waals surface area contributed by atoms with Crippen molar-refractivity contribution in [3.05, 3.63) is 66.3 Å². The normalized spacial score (nSPS) is 12.6. The van der Waals surface area contributed by atoms with Gasteiger partial charge in [0, 0.05) is 23.8 Å². The quantitative estimate of drug-likeness (QED) is 0.523. The maximum atomic E-state index is 5.92. The number of aromatic amines is 1. The van der Waals surface area contributed by atoms with Crippen LogP contribution < -0.4 is 21.7 Å². The molecule has 0 aliphatic heterocycles. The van der Waals surface area contributed by atoms with E-state index in [-0.39, 0.29) is 0 Å². The lowest BCUT2D eigenvalue weighted by atomic mass is 10.2. The molecule has 128 valence electrons. The van der Waals surface area contributed by atoms with E-state index in [1.54, 1.807) is 30.9 Å². The zero-order valence-corrected chi connectivity index (χ0v) is 13.8. The summed E-state index contributed by atoms with van der Waals surface area (Å²) in [6.07, 6.45) is 9.87. The number of rotatable bonds is 4. The van der Waals surface area contributed by atoms with E-state index in [0.717, 1.165) is 21.9 Å². The first kappa shape index (κ1) is 15.6. The van der Waals surface area contributed by atoms with Gasteiger partial charge in [-0.25, -0.2) is 15.0 Å². The molecule has 7 nitrogen and oxygen atoms in total. The van der Waals surface area contributed by atoms with Crippen LogP contribution in [0.1, 0.15) is 0 Å². The topological polar surface area (TPSA) is 106 Å². The molecule has 4 aromatic rings. The van der Waals surface area contributed by atoms with Gasteiger partial charge in [0.05, 0.1) is 23.2 Å². The molecule has 0 unspecified atom stereocenters. The van der Waals surface area contributed by atoms with Gasteiger partial charge in [0.25, 0.3) is 0 Å². The maximum absolute atomic E-state index is 5.92. The van der Waals surface area contributed by atoms with Crippen molar-refractivity contribution in [3.8, 4) is 11.6 Å². The van der Waals surface area contributed by atoms with E-state index >= 15 is 0 Å². The van der Waals surface area contributed by atoms with Crippen LogP contribution in [0.25, 0.3) is 34.9 Å². The molecule has 4 N–H and O–H groups in total. The van der Waals surface area contributed by atoms with E-state index in [0.29, 0.717) is 22.7 Å². The van der Waals surface area contributed by atoms with E-state index < -0.39 is 0 Å². The van der Waals surface area contributed by atoms with E-state index in [1.807, 2.05) is 24.3 Å². The van der Waals surface area contributed by atoms with Crippen LogP contribution >= 0.6 is 0 Å². The van der Waals surface area contributed by atoms with Crippen LogP contribution in [0.5, 0.6) is 0 Å². The lowest BCUT2D eigenvalue weighted by Gasteiger charge is -2.07. The van der Waals surface area contributed by atoms with Crippen molar-refractivity contribution >= 4 is 34.7 Å². The Bertz CT molecular complexity index is 1190. The van der Waals surface area contributed by atoms with Crippen LogP contribution in [0, 0.1) is 0 Å². The lowest BCUT2D eigenvalue weighted by molar-refractivity contribution is 0.540. The zero-order valence-electron chi connectivity index (χ0n) is 13.8. The fourth-order valence-electron chi connectivity index (χ4n) is 2.77. The number of imidazole rings is 1. The predicted molar refractivity (Wildman–Crippen MR) is 102 cm³/mol. The van der Waals surface area contributed by atoms with Gasteiger partial charge in [-0.2, -0.15) is 0 Å². The van der Waals surface area contributed by atoms with Crippen molar-refractivity contribution in [1.82, 2.24) is 19.9 Å². The van der Waals surface area contributed by atoms with Gasteiger partial charge in [-0.15, -0.1) is 0 Å². The van der Waals surface area contributed by atoms with Gasteiger partial charge in [-0.1, -0.05) is 18.7 Å². The van der Waals surface area contributed by atoms with Crippen molar-refractivity contribution in [2.75, 3.05) is 5.32 Å². The third-order valence-corrected chi connectivity index (χ3v) is 3.89. The Morgan fingerprint density at radius 1 is 1.15 bits per heavy atom. The highest BCUT2D eigenvalue weighted by Gasteiger charge is 2.17. The summed E-state index contributed by atoms with van der Waals surface area (Å²) >= 11 is 0. The van der Waals surface area contributed by atoms with Crippen molar-refractivity contribution in [2.45, 2.75) is 0 Å². The van der Waals surface area contributed by atoms with Crippen molar-refractivity contribution in [3.63, 3.8) is 0 Å². The summed E-state index contributed by atoms with van der Waals surface area (Å²) in [7, 11) is 0. The van der Waals surface area contributed by atoms with E-state index in [1.165, 1.54) is 6.20 Å². The van der Waals surface area contributed by atoms with Gasteiger partial charge in [0.15, 0.2) is 17.0 Å². The number of nitrogens with two attached hydrogens (primary N) is 1. The number of anilines is 2. The molecule has 7 heteroatoms. The largest absolute Gasteiger partial charge is 0.449 e. The molecule has 26 heavy (non-hydrogen) atoms. The molecule has 0 spiro atoms. The van der Waals surface area contributed by atoms with E-state index in [4.69, 9.17) is 10.2 Å². The zero-order chi connectivity index (χ0) is 17.9. The van der Waals surface area contributed by atoms with Gasteiger partial charge < -0.3 is 20.5 Å². The molecule has 4 rings (SSSR count). The molecule has 0 aliphatic rings. The Hall–Kier alpha value is -3.87. The molecule has 0 aliphatic carbocycles. The predicted octanol–water partition coefficient (Wildman–Crippen LogP) is 2.02. The standard InChI is InChI=1S/C19H16N6O/c1-2-5-12-15(10-20)26-18(19-21-8-4-9-22-19)16(12)25-14-7-3-6-13-17(14)24-11-23-13/h2-11,25H,1,20H2,(H,23,24)/b12-5+,15-10+. The smallest absolute Gasteiger partial charge is 0.197 e.